The molecule has 0 amide bonds. The second kappa shape index (κ2) is 5.44. The highest BCUT2D eigenvalue weighted by Gasteiger charge is 2.06. The van der Waals surface area contributed by atoms with E-state index in [1.54, 1.807) is 0 Å². The maximum atomic E-state index is 5.95. The van der Waals surface area contributed by atoms with Gasteiger partial charge in [0.2, 0.25) is 0 Å². The first-order valence-electron chi connectivity index (χ1n) is 5.90. The van der Waals surface area contributed by atoms with E-state index >= 15 is 0 Å². The van der Waals surface area contributed by atoms with E-state index in [9.17, 15) is 0 Å². The summed E-state index contributed by atoms with van der Waals surface area (Å²) in [7, 11) is 1.94. The van der Waals surface area contributed by atoms with E-state index in [1.165, 1.54) is 5.56 Å². The fraction of sp³-hybridized carbons (Fsp3) is 0.308. The fourth-order valence-electron chi connectivity index (χ4n) is 1.91. The Bertz CT molecular complexity index is 548. The molecule has 3 N–H and O–H groups in total. The average Bonchev–Trinajstić information content (AvgIpc) is 2.68. The van der Waals surface area contributed by atoms with Crippen LogP contribution in [0, 0.1) is 0 Å². The Hall–Kier alpha value is -1.49. The van der Waals surface area contributed by atoms with Gasteiger partial charge in [-0.05, 0) is 24.6 Å². The summed E-state index contributed by atoms with van der Waals surface area (Å²) in [5.41, 5.74) is 9.97. The minimum absolute atomic E-state index is 0.739. The lowest BCUT2D eigenvalue weighted by Gasteiger charge is -2.09. The number of nitrogen functional groups attached to an aromatic ring is 1. The molecule has 0 aliphatic heterocycles. The molecular weight excluding hydrogens is 292 g/mol. The van der Waals surface area contributed by atoms with E-state index in [0.717, 1.165) is 34.5 Å². The van der Waals surface area contributed by atoms with E-state index in [2.05, 4.69) is 33.3 Å². The summed E-state index contributed by atoms with van der Waals surface area (Å²) in [6.45, 7) is 2.85. The molecule has 1 heterocycles. The Morgan fingerprint density at radius 2 is 2.22 bits per heavy atom. The van der Waals surface area contributed by atoms with Gasteiger partial charge in [0, 0.05) is 29.8 Å². The molecule has 4 nitrogen and oxygen atoms in total. The molecule has 0 saturated heterocycles. The number of hydrogen-bond donors (Lipinski definition) is 2. The number of rotatable bonds is 4. The van der Waals surface area contributed by atoms with Crippen molar-refractivity contribution in [1.82, 2.24) is 9.78 Å². The first kappa shape index (κ1) is 13.0. The van der Waals surface area contributed by atoms with Gasteiger partial charge in [0.25, 0.3) is 0 Å². The largest absolute Gasteiger partial charge is 0.397 e. The number of hydrogen-bond acceptors (Lipinski definition) is 3. The molecule has 96 valence electrons. The molecule has 1 aromatic carbocycles. The van der Waals surface area contributed by atoms with Crippen molar-refractivity contribution in [3.05, 3.63) is 40.1 Å². The number of anilines is 2. The Kier molecular flexibility index (Phi) is 3.91. The SMILES string of the molecule is CCc1nn(C)cc1CNc1ccc(Br)cc1N. The Labute approximate surface area is 115 Å². The molecule has 2 aromatic rings. The number of benzene rings is 1. The maximum Gasteiger partial charge on any atom is 0.0671 e. The highest BCUT2D eigenvalue weighted by molar-refractivity contribution is 9.10. The average molecular weight is 309 g/mol. The predicted molar refractivity (Wildman–Crippen MR) is 78.5 cm³/mol. The van der Waals surface area contributed by atoms with E-state index in [1.807, 2.05) is 36.1 Å². The smallest absolute Gasteiger partial charge is 0.0671 e. The first-order chi connectivity index (χ1) is 8.60. The Morgan fingerprint density at radius 1 is 1.44 bits per heavy atom. The third-order valence-corrected chi connectivity index (χ3v) is 3.30. The van der Waals surface area contributed by atoms with Crippen LogP contribution in [0.15, 0.2) is 28.9 Å². The molecule has 5 heteroatoms. The molecule has 0 saturated carbocycles. The molecule has 0 radical (unpaired) electrons. The van der Waals surface area contributed by atoms with Gasteiger partial charge in [-0.2, -0.15) is 5.10 Å². The summed E-state index contributed by atoms with van der Waals surface area (Å²) in [6.07, 6.45) is 2.98. The van der Waals surface area contributed by atoms with Crippen molar-refractivity contribution in [1.29, 1.82) is 0 Å². The molecule has 0 unspecified atom stereocenters. The van der Waals surface area contributed by atoms with Gasteiger partial charge in [0.05, 0.1) is 17.1 Å². The Morgan fingerprint density at radius 3 is 2.89 bits per heavy atom. The highest BCUT2D eigenvalue weighted by atomic mass is 79.9. The summed E-state index contributed by atoms with van der Waals surface area (Å²) in [5.74, 6) is 0. The van der Waals surface area contributed by atoms with Crippen molar-refractivity contribution >= 4 is 27.3 Å². The van der Waals surface area contributed by atoms with Crippen LogP contribution in [0.1, 0.15) is 18.2 Å². The first-order valence-corrected chi connectivity index (χ1v) is 6.69. The lowest BCUT2D eigenvalue weighted by atomic mass is 10.2. The molecule has 0 atom stereocenters. The van der Waals surface area contributed by atoms with E-state index < -0.39 is 0 Å². The summed E-state index contributed by atoms with van der Waals surface area (Å²) in [4.78, 5) is 0. The van der Waals surface area contributed by atoms with Gasteiger partial charge in [-0.3, -0.25) is 4.68 Å². The van der Waals surface area contributed by atoms with Crippen LogP contribution < -0.4 is 11.1 Å². The number of nitrogens with one attached hydrogen (secondary N) is 1. The monoisotopic (exact) mass is 308 g/mol. The second-order valence-corrected chi connectivity index (χ2v) is 5.13. The van der Waals surface area contributed by atoms with Crippen LogP contribution in [0.5, 0.6) is 0 Å². The normalized spacial score (nSPS) is 10.6. The summed E-state index contributed by atoms with van der Waals surface area (Å²) >= 11 is 3.40. The molecule has 0 spiro atoms. The van der Waals surface area contributed by atoms with Crippen LogP contribution in [0.4, 0.5) is 11.4 Å². The third-order valence-electron chi connectivity index (χ3n) is 2.81. The van der Waals surface area contributed by atoms with Gasteiger partial charge in [-0.15, -0.1) is 0 Å². The molecular formula is C13H17BrN4. The lowest BCUT2D eigenvalue weighted by Crippen LogP contribution is -2.03. The van der Waals surface area contributed by atoms with E-state index in [0.29, 0.717) is 0 Å². The van der Waals surface area contributed by atoms with Crippen LogP contribution in [-0.2, 0) is 20.0 Å². The molecule has 0 fully saturated rings. The zero-order valence-corrected chi connectivity index (χ0v) is 12.2. The van der Waals surface area contributed by atoms with Crippen molar-refractivity contribution in [3.8, 4) is 0 Å². The maximum absolute atomic E-state index is 5.95. The number of nitrogens with two attached hydrogens (primary N) is 1. The fourth-order valence-corrected chi connectivity index (χ4v) is 2.29. The van der Waals surface area contributed by atoms with Gasteiger partial charge < -0.3 is 11.1 Å². The van der Waals surface area contributed by atoms with Gasteiger partial charge in [0.15, 0.2) is 0 Å². The quantitative estimate of drug-likeness (QED) is 0.854. The molecule has 1 aromatic heterocycles. The zero-order chi connectivity index (χ0) is 13.1. The van der Waals surface area contributed by atoms with Crippen LogP contribution in [-0.4, -0.2) is 9.78 Å². The van der Waals surface area contributed by atoms with Gasteiger partial charge >= 0.3 is 0 Å². The number of halogens is 1. The van der Waals surface area contributed by atoms with Gasteiger partial charge in [-0.25, -0.2) is 0 Å². The van der Waals surface area contributed by atoms with Crippen molar-refractivity contribution in [3.63, 3.8) is 0 Å². The summed E-state index contributed by atoms with van der Waals surface area (Å²) in [6, 6.07) is 5.84. The predicted octanol–water partition coefficient (Wildman–Crippen LogP) is 2.94. The van der Waals surface area contributed by atoms with Crippen molar-refractivity contribution in [2.24, 2.45) is 7.05 Å². The topological polar surface area (TPSA) is 55.9 Å². The Balaban J connectivity index is 2.11. The number of nitrogens with zero attached hydrogens (tertiary/aromatic N) is 2. The third kappa shape index (κ3) is 2.85. The molecule has 0 aliphatic carbocycles. The van der Waals surface area contributed by atoms with Crippen molar-refractivity contribution in [2.75, 3.05) is 11.1 Å². The van der Waals surface area contributed by atoms with Crippen molar-refractivity contribution in [2.45, 2.75) is 19.9 Å². The van der Waals surface area contributed by atoms with E-state index in [-0.39, 0.29) is 0 Å². The minimum Gasteiger partial charge on any atom is -0.397 e. The standard InChI is InChI=1S/C13H17BrN4/c1-3-12-9(8-18(2)17-12)7-16-13-5-4-10(14)6-11(13)15/h4-6,8,16H,3,7,15H2,1-2H3. The number of aromatic nitrogens is 2. The molecule has 18 heavy (non-hydrogen) atoms. The molecule has 0 bridgehead atoms. The van der Waals surface area contributed by atoms with Crippen LogP contribution >= 0.6 is 15.9 Å². The summed E-state index contributed by atoms with van der Waals surface area (Å²) in [5, 5.41) is 7.76. The zero-order valence-electron chi connectivity index (χ0n) is 10.6. The van der Waals surface area contributed by atoms with E-state index in [4.69, 9.17) is 5.73 Å². The minimum atomic E-state index is 0.739. The van der Waals surface area contributed by atoms with Crippen LogP contribution in [0.2, 0.25) is 0 Å². The number of aryl methyl sites for hydroxylation is 2. The molecule has 2 rings (SSSR count). The van der Waals surface area contributed by atoms with Crippen molar-refractivity contribution < 1.29 is 0 Å². The van der Waals surface area contributed by atoms with Gasteiger partial charge in [-0.1, -0.05) is 22.9 Å². The lowest BCUT2D eigenvalue weighted by molar-refractivity contribution is 0.746. The van der Waals surface area contributed by atoms with Crippen LogP contribution in [0.25, 0.3) is 0 Å². The second-order valence-electron chi connectivity index (χ2n) is 4.21. The molecule has 0 aliphatic rings. The van der Waals surface area contributed by atoms with Gasteiger partial charge in [0.1, 0.15) is 0 Å². The van der Waals surface area contributed by atoms with Crippen LogP contribution in [0.3, 0.4) is 0 Å². The highest BCUT2D eigenvalue weighted by Crippen LogP contribution is 2.23. The summed E-state index contributed by atoms with van der Waals surface area (Å²) < 4.78 is 2.84.